The van der Waals surface area contributed by atoms with Crippen molar-refractivity contribution in [1.29, 1.82) is 0 Å². The number of rotatable bonds is 7. The number of halogens is 2. The lowest BCUT2D eigenvalue weighted by molar-refractivity contribution is 0.102. The van der Waals surface area contributed by atoms with E-state index in [0.29, 0.717) is 47.6 Å². The second-order valence-corrected chi connectivity index (χ2v) is 7.88. The minimum absolute atomic E-state index is 0.278. The van der Waals surface area contributed by atoms with Crippen LogP contribution < -0.4 is 19.7 Å². The molecule has 0 unspecified atom stereocenters. The summed E-state index contributed by atoms with van der Waals surface area (Å²) in [6.07, 6.45) is 0.842. The van der Waals surface area contributed by atoms with Crippen molar-refractivity contribution in [2.24, 2.45) is 0 Å². The summed E-state index contributed by atoms with van der Waals surface area (Å²) in [7, 11) is 1.52. The van der Waals surface area contributed by atoms with Crippen LogP contribution in [0.1, 0.15) is 23.7 Å². The normalized spacial score (nSPS) is 13.9. The van der Waals surface area contributed by atoms with Crippen LogP contribution in [0.3, 0.4) is 0 Å². The number of carbonyl (C=O) groups is 1. The summed E-state index contributed by atoms with van der Waals surface area (Å²) in [6, 6.07) is 9.07. The molecule has 0 spiro atoms. The number of ether oxygens (including phenoxy) is 3. The molecule has 0 aromatic heterocycles. The molecule has 8 heteroatoms. The molecule has 3 rings (SSSR count). The first-order chi connectivity index (χ1) is 14.0. The molecule has 0 radical (unpaired) electrons. The number of morpholine rings is 1. The molecule has 1 fully saturated rings. The van der Waals surface area contributed by atoms with Gasteiger partial charge in [-0.25, -0.2) is 0 Å². The second-order valence-electron chi connectivity index (χ2n) is 6.55. The highest BCUT2D eigenvalue weighted by atomic mass is 79.9. The molecule has 2 aromatic carbocycles. The third kappa shape index (κ3) is 5.35. The van der Waals surface area contributed by atoms with E-state index in [1.54, 1.807) is 12.1 Å². The van der Waals surface area contributed by atoms with Crippen LogP contribution in [0, 0.1) is 0 Å². The van der Waals surface area contributed by atoms with Gasteiger partial charge in [-0.2, -0.15) is 0 Å². The minimum atomic E-state index is -0.278. The van der Waals surface area contributed by atoms with Crippen LogP contribution >= 0.6 is 27.5 Å². The van der Waals surface area contributed by atoms with Gasteiger partial charge in [0.05, 0.1) is 43.3 Å². The van der Waals surface area contributed by atoms with Gasteiger partial charge in [-0.1, -0.05) is 34.5 Å². The lowest BCUT2D eigenvalue weighted by Crippen LogP contribution is -2.36. The highest BCUT2D eigenvalue weighted by Crippen LogP contribution is 2.37. The van der Waals surface area contributed by atoms with Crippen LogP contribution in [-0.2, 0) is 4.74 Å². The van der Waals surface area contributed by atoms with E-state index in [1.165, 1.54) is 7.11 Å². The van der Waals surface area contributed by atoms with Crippen LogP contribution in [-0.4, -0.2) is 45.9 Å². The Labute approximate surface area is 184 Å². The highest BCUT2D eigenvalue weighted by Gasteiger charge is 2.19. The van der Waals surface area contributed by atoms with E-state index in [0.717, 1.165) is 29.7 Å². The fraction of sp³-hybridized carbons (Fsp3) is 0.381. The molecule has 1 aliphatic heterocycles. The monoisotopic (exact) mass is 482 g/mol. The molecule has 156 valence electrons. The quantitative estimate of drug-likeness (QED) is 0.601. The topological polar surface area (TPSA) is 60.0 Å². The maximum absolute atomic E-state index is 13.0. The summed E-state index contributed by atoms with van der Waals surface area (Å²) in [6.45, 7) is 5.39. The maximum Gasteiger partial charge on any atom is 0.255 e. The predicted molar refractivity (Wildman–Crippen MR) is 119 cm³/mol. The van der Waals surface area contributed by atoms with Crippen LogP contribution in [0.5, 0.6) is 11.5 Å². The van der Waals surface area contributed by atoms with Gasteiger partial charge >= 0.3 is 0 Å². The second kappa shape index (κ2) is 10.2. The Morgan fingerprint density at radius 3 is 2.72 bits per heavy atom. The predicted octanol–water partition coefficient (Wildman–Crippen LogP) is 4.99. The summed E-state index contributed by atoms with van der Waals surface area (Å²) >= 11 is 9.84. The first-order valence-corrected chi connectivity index (χ1v) is 10.6. The lowest BCUT2D eigenvalue weighted by atomic mass is 10.1. The molecule has 29 heavy (non-hydrogen) atoms. The number of benzene rings is 2. The third-order valence-corrected chi connectivity index (χ3v) is 5.27. The van der Waals surface area contributed by atoms with E-state index in [1.807, 2.05) is 25.1 Å². The number of methoxy groups -OCH3 is 1. The Kier molecular flexibility index (Phi) is 7.64. The van der Waals surface area contributed by atoms with E-state index in [2.05, 4.69) is 26.1 Å². The lowest BCUT2D eigenvalue weighted by Gasteiger charge is -2.30. The Bertz CT molecular complexity index is 872. The van der Waals surface area contributed by atoms with Crippen molar-refractivity contribution in [3.8, 4) is 11.5 Å². The van der Waals surface area contributed by atoms with E-state index < -0.39 is 0 Å². The van der Waals surface area contributed by atoms with Crippen molar-refractivity contribution >= 4 is 44.8 Å². The SMILES string of the molecule is CCCOc1c(Cl)cc(C(=O)Nc2cc(Br)ccc2N2CCOCC2)cc1OC. The molecule has 0 saturated carbocycles. The van der Waals surface area contributed by atoms with Gasteiger partial charge in [0.1, 0.15) is 0 Å². The van der Waals surface area contributed by atoms with Gasteiger partial charge in [-0.05, 0) is 36.8 Å². The van der Waals surface area contributed by atoms with Crippen molar-refractivity contribution in [1.82, 2.24) is 0 Å². The van der Waals surface area contributed by atoms with Crippen molar-refractivity contribution < 1.29 is 19.0 Å². The summed E-state index contributed by atoms with van der Waals surface area (Å²) in [5.74, 6) is 0.600. The average Bonchev–Trinajstić information content (AvgIpc) is 2.73. The van der Waals surface area contributed by atoms with Gasteiger partial charge in [-0.15, -0.1) is 0 Å². The molecule has 1 amide bonds. The number of anilines is 2. The largest absolute Gasteiger partial charge is 0.493 e. The number of hydrogen-bond acceptors (Lipinski definition) is 5. The first-order valence-electron chi connectivity index (χ1n) is 9.47. The summed E-state index contributed by atoms with van der Waals surface area (Å²) in [5.41, 5.74) is 2.06. The molecule has 0 aliphatic carbocycles. The Hall–Kier alpha value is -1.96. The zero-order valence-corrected chi connectivity index (χ0v) is 18.8. The van der Waals surface area contributed by atoms with Crippen molar-refractivity contribution in [3.63, 3.8) is 0 Å². The first kappa shape index (κ1) is 21.7. The number of hydrogen-bond donors (Lipinski definition) is 1. The molecule has 6 nitrogen and oxygen atoms in total. The van der Waals surface area contributed by atoms with Crippen molar-refractivity contribution in [2.45, 2.75) is 13.3 Å². The molecule has 0 atom stereocenters. The summed E-state index contributed by atoms with van der Waals surface area (Å²) in [4.78, 5) is 15.2. The van der Waals surface area contributed by atoms with Crippen molar-refractivity contribution in [3.05, 3.63) is 45.4 Å². The third-order valence-electron chi connectivity index (χ3n) is 4.50. The molecule has 2 aromatic rings. The number of carbonyl (C=O) groups excluding carboxylic acids is 1. The smallest absolute Gasteiger partial charge is 0.255 e. The van der Waals surface area contributed by atoms with E-state index in [9.17, 15) is 4.79 Å². The molecule has 1 heterocycles. The highest BCUT2D eigenvalue weighted by molar-refractivity contribution is 9.10. The van der Waals surface area contributed by atoms with Gasteiger partial charge in [0.25, 0.3) is 5.91 Å². The maximum atomic E-state index is 13.0. The van der Waals surface area contributed by atoms with E-state index in [4.69, 9.17) is 25.8 Å². The Balaban J connectivity index is 1.86. The average molecular weight is 484 g/mol. The fourth-order valence-corrected chi connectivity index (χ4v) is 3.70. The molecule has 0 bridgehead atoms. The van der Waals surface area contributed by atoms with Crippen LogP contribution in [0.15, 0.2) is 34.8 Å². The zero-order chi connectivity index (χ0) is 20.8. The Morgan fingerprint density at radius 1 is 1.28 bits per heavy atom. The van der Waals surface area contributed by atoms with Gasteiger partial charge in [0, 0.05) is 23.1 Å². The summed E-state index contributed by atoms with van der Waals surface area (Å²) in [5, 5.41) is 3.34. The van der Waals surface area contributed by atoms with Crippen molar-refractivity contribution in [2.75, 3.05) is 50.2 Å². The molecule has 1 aliphatic rings. The molecular weight excluding hydrogens is 460 g/mol. The van der Waals surface area contributed by atoms with E-state index in [-0.39, 0.29) is 5.91 Å². The number of amides is 1. The zero-order valence-electron chi connectivity index (χ0n) is 16.5. The minimum Gasteiger partial charge on any atom is -0.493 e. The Morgan fingerprint density at radius 2 is 2.03 bits per heavy atom. The number of nitrogens with zero attached hydrogens (tertiary/aromatic N) is 1. The standard InChI is InChI=1S/C21H24BrClN2O4/c1-3-8-29-20-16(23)11-14(12-19(20)27-2)21(26)24-17-13-15(22)4-5-18(17)25-6-9-28-10-7-25/h4-5,11-13H,3,6-10H2,1-2H3,(H,24,26). The molecular formula is C21H24BrClN2O4. The van der Waals surface area contributed by atoms with Gasteiger partial charge < -0.3 is 24.4 Å². The van der Waals surface area contributed by atoms with Gasteiger partial charge in [0.15, 0.2) is 11.5 Å². The van der Waals surface area contributed by atoms with Gasteiger partial charge in [-0.3, -0.25) is 4.79 Å². The van der Waals surface area contributed by atoms with Gasteiger partial charge in [0.2, 0.25) is 0 Å². The van der Waals surface area contributed by atoms with Crippen LogP contribution in [0.25, 0.3) is 0 Å². The fourth-order valence-electron chi connectivity index (χ4n) is 3.08. The van der Waals surface area contributed by atoms with E-state index >= 15 is 0 Å². The van der Waals surface area contributed by atoms with Crippen LogP contribution in [0.4, 0.5) is 11.4 Å². The molecule has 1 N–H and O–H groups in total. The van der Waals surface area contributed by atoms with Crippen LogP contribution in [0.2, 0.25) is 5.02 Å². The number of nitrogens with one attached hydrogen (secondary N) is 1. The summed E-state index contributed by atoms with van der Waals surface area (Å²) < 4.78 is 17.4. The molecule has 1 saturated heterocycles.